The molecule has 126 valence electrons. The van der Waals surface area contributed by atoms with Crippen LogP contribution in [0.5, 0.6) is 5.75 Å². The van der Waals surface area contributed by atoms with Crippen LogP contribution in [0.1, 0.15) is 12.0 Å². The van der Waals surface area contributed by atoms with E-state index >= 15 is 0 Å². The smallest absolute Gasteiger partial charge is 0.269 e. The zero-order valence-corrected chi connectivity index (χ0v) is 13.0. The Labute approximate surface area is 139 Å². The van der Waals surface area contributed by atoms with E-state index in [2.05, 4.69) is 0 Å². The molecular formula is C17H17N2O5-. The number of carbonyl (C=O) groups is 1. The summed E-state index contributed by atoms with van der Waals surface area (Å²) in [7, 11) is 0. The van der Waals surface area contributed by atoms with E-state index in [1.165, 1.54) is 29.2 Å². The molecule has 0 fully saturated rings. The Morgan fingerprint density at radius 3 is 2.33 bits per heavy atom. The molecule has 0 atom stereocenters. The van der Waals surface area contributed by atoms with E-state index in [1.807, 2.05) is 30.3 Å². The maximum atomic E-state index is 11.2. The number of carbonyl (C=O) groups excluding carboxylic acids is 1. The third-order valence-electron chi connectivity index (χ3n) is 3.36. The highest BCUT2D eigenvalue weighted by molar-refractivity contribution is 5.62. The number of carboxylic acid groups (broad SMARTS) is 1. The number of hydrogen-bond acceptors (Lipinski definition) is 5. The van der Waals surface area contributed by atoms with Crippen molar-refractivity contribution in [2.45, 2.75) is 13.0 Å². The van der Waals surface area contributed by atoms with Gasteiger partial charge in [0.15, 0.2) is 0 Å². The van der Waals surface area contributed by atoms with Gasteiger partial charge in [0.25, 0.3) is 5.69 Å². The highest BCUT2D eigenvalue weighted by atomic mass is 16.6. The average molecular weight is 329 g/mol. The van der Waals surface area contributed by atoms with Crippen LogP contribution in [0.3, 0.4) is 0 Å². The van der Waals surface area contributed by atoms with Crippen molar-refractivity contribution in [1.82, 2.24) is 4.90 Å². The van der Waals surface area contributed by atoms with Crippen molar-refractivity contribution in [3.63, 3.8) is 0 Å². The van der Waals surface area contributed by atoms with Crippen LogP contribution in [0, 0.1) is 10.1 Å². The standard InChI is InChI=1S/C17H18N2O5/c20-17(21)18(13-14-5-2-1-3-6-14)11-4-12-24-16-9-7-15(8-10-16)19(22)23/h1-3,5-10H,4,11-13H2,(H,20,21)/p-1. The number of rotatable bonds is 8. The molecule has 0 N–H and O–H groups in total. The molecule has 1 amide bonds. The van der Waals surface area contributed by atoms with Crippen molar-refractivity contribution in [3.8, 4) is 5.75 Å². The Bertz CT molecular complexity index is 673. The first kappa shape index (κ1) is 17.3. The van der Waals surface area contributed by atoms with E-state index in [-0.39, 0.29) is 18.8 Å². The lowest BCUT2D eigenvalue weighted by Gasteiger charge is -2.25. The van der Waals surface area contributed by atoms with Gasteiger partial charge in [0, 0.05) is 25.2 Å². The van der Waals surface area contributed by atoms with Crippen molar-refractivity contribution in [2.24, 2.45) is 0 Å². The van der Waals surface area contributed by atoms with Gasteiger partial charge in [-0.15, -0.1) is 0 Å². The Kier molecular flexibility index (Phi) is 6.13. The third-order valence-corrected chi connectivity index (χ3v) is 3.36. The second-order valence-corrected chi connectivity index (χ2v) is 5.13. The molecule has 0 unspecified atom stereocenters. The molecule has 7 heteroatoms. The molecule has 0 saturated carbocycles. The van der Waals surface area contributed by atoms with Crippen molar-refractivity contribution in [3.05, 3.63) is 70.3 Å². The monoisotopic (exact) mass is 329 g/mol. The van der Waals surface area contributed by atoms with E-state index < -0.39 is 11.0 Å². The number of benzene rings is 2. The number of nitrogens with zero attached hydrogens (tertiary/aromatic N) is 2. The average Bonchev–Trinajstić information content (AvgIpc) is 2.58. The molecule has 0 aliphatic carbocycles. The maximum Gasteiger partial charge on any atom is 0.269 e. The maximum absolute atomic E-state index is 11.2. The van der Waals surface area contributed by atoms with E-state index in [0.717, 1.165) is 5.56 Å². The minimum Gasteiger partial charge on any atom is -0.530 e. The predicted molar refractivity (Wildman–Crippen MR) is 85.5 cm³/mol. The molecule has 0 aliphatic heterocycles. The summed E-state index contributed by atoms with van der Waals surface area (Å²) in [5, 5.41) is 21.7. The second kappa shape index (κ2) is 8.52. The number of hydrogen-bond donors (Lipinski definition) is 0. The SMILES string of the molecule is O=C([O-])N(CCCOc1ccc([N+](=O)[O-])cc1)Cc1ccccc1. The normalized spacial score (nSPS) is 10.2. The number of nitro benzene ring substituents is 1. The van der Waals surface area contributed by atoms with Gasteiger partial charge in [0.05, 0.1) is 11.5 Å². The minimum atomic E-state index is -1.23. The molecule has 7 nitrogen and oxygen atoms in total. The number of ether oxygens (including phenoxy) is 1. The molecule has 0 aliphatic rings. The third kappa shape index (κ3) is 5.28. The molecule has 0 saturated heterocycles. The minimum absolute atomic E-state index is 0.00617. The zero-order valence-electron chi connectivity index (χ0n) is 13.0. The summed E-state index contributed by atoms with van der Waals surface area (Å²) in [6.07, 6.45) is -0.744. The second-order valence-electron chi connectivity index (χ2n) is 5.13. The van der Waals surface area contributed by atoms with Gasteiger partial charge in [-0.1, -0.05) is 30.3 Å². The molecule has 0 heterocycles. The molecule has 2 aromatic rings. The number of amides is 1. The largest absolute Gasteiger partial charge is 0.530 e. The summed E-state index contributed by atoms with van der Waals surface area (Å²) in [5.41, 5.74) is 0.881. The molecule has 0 radical (unpaired) electrons. The van der Waals surface area contributed by atoms with Gasteiger partial charge in [-0.05, 0) is 24.1 Å². The molecule has 0 aromatic heterocycles. The van der Waals surface area contributed by atoms with Crippen molar-refractivity contribution < 1.29 is 19.6 Å². The summed E-state index contributed by atoms with van der Waals surface area (Å²) in [6, 6.07) is 15.0. The van der Waals surface area contributed by atoms with E-state index in [1.54, 1.807) is 0 Å². The Hall–Kier alpha value is -3.09. The summed E-state index contributed by atoms with van der Waals surface area (Å²) < 4.78 is 5.46. The lowest BCUT2D eigenvalue weighted by atomic mass is 10.2. The van der Waals surface area contributed by atoms with Crippen LogP contribution >= 0.6 is 0 Å². The number of non-ortho nitro benzene ring substituents is 1. The Morgan fingerprint density at radius 2 is 1.75 bits per heavy atom. The van der Waals surface area contributed by atoms with Crippen LogP contribution in [-0.4, -0.2) is 29.1 Å². The first-order valence-corrected chi connectivity index (χ1v) is 7.43. The van der Waals surface area contributed by atoms with Crippen LogP contribution < -0.4 is 9.84 Å². The van der Waals surface area contributed by atoms with Gasteiger partial charge in [-0.3, -0.25) is 10.1 Å². The van der Waals surface area contributed by atoms with Gasteiger partial charge in [-0.2, -0.15) is 0 Å². The fourth-order valence-corrected chi connectivity index (χ4v) is 2.15. The Balaban J connectivity index is 1.78. The summed E-state index contributed by atoms with van der Waals surface area (Å²) in [5.74, 6) is 0.503. The highest BCUT2D eigenvalue weighted by Crippen LogP contribution is 2.17. The topological polar surface area (TPSA) is 95.7 Å². The van der Waals surface area contributed by atoms with E-state index in [4.69, 9.17) is 4.74 Å². The fraction of sp³-hybridized carbons (Fsp3) is 0.235. The van der Waals surface area contributed by atoms with Gasteiger partial charge >= 0.3 is 0 Å². The van der Waals surface area contributed by atoms with Gasteiger partial charge in [0.2, 0.25) is 0 Å². The van der Waals surface area contributed by atoms with Crippen LogP contribution in [-0.2, 0) is 6.54 Å². The highest BCUT2D eigenvalue weighted by Gasteiger charge is 2.07. The first-order valence-electron chi connectivity index (χ1n) is 7.43. The van der Waals surface area contributed by atoms with Crippen LogP contribution in [0.4, 0.5) is 10.5 Å². The van der Waals surface area contributed by atoms with E-state index in [0.29, 0.717) is 18.8 Å². The van der Waals surface area contributed by atoms with Crippen molar-refractivity contribution in [1.29, 1.82) is 0 Å². The molecular weight excluding hydrogens is 312 g/mol. The van der Waals surface area contributed by atoms with E-state index in [9.17, 15) is 20.0 Å². The van der Waals surface area contributed by atoms with Crippen LogP contribution in [0.15, 0.2) is 54.6 Å². The quantitative estimate of drug-likeness (QED) is 0.420. The fourth-order valence-electron chi connectivity index (χ4n) is 2.15. The van der Waals surface area contributed by atoms with Crippen LogP contribution in [0.2, 0.25) is 0 Å². The zero-order chi connectivity index (χ0) is 17.4. The molecule has 2 aromatic carbocycles. The lowest BCUT2D eigenvalue weighted by Crippen LogP contribution is -2.41. The van der Waals surface area contributed by atoms with Gasteiger partial charge in [0.1, 0.15) is 11.8 Å². The molecule has 2 rings (SSSR count). The molecule has 24 heavy (non-hydrogen) atoms. The van der Waals surface area contributed by atoms with Crippen molar-refractivity contribution in [2.75, 3.05) is 13.2 Å². The lowest BCUT2D eigenvalue weighted by molar-refractivity contribution is -0.384. The molecule has 0 spiro atoms. The van der Waals surface area contributed by atoms with Gasteiger partial charge in [-0.25, -0.2) is 0 Å². The van der Waals surface area contributed by atoms with Crippen molar-refractivity contribution >= 4 is 11.8 Å². The predicted octanol–water partition coefficient (Wildman–Crippen LogP) is 2.21. The molecule has 0 bridgehead atoms. The van der Waals surface area contributed by atoms with Gasteiger partial charge < -0.3 is 19.5 Å². The Morgan fingerprint density at radius 1 is 1.08 bits per heavy atom. The van der Waals surface area contributed by atoms with Crippen LogP contribution in [0.25, 0.3) is 0 Å². The first-order chi connectivity index (χ1) is 11.6. The summed E-state index contributed by atoms with van der Waals surface area (Å²) in [4.78, 5) is 22.5. The summed E-state index contributed by atoms with van der Waals surface area (Å²) >= 11 is 0. The summed E-state index contributed by atoms with van der Waals surface area (Å²) in [6.45, 7) is 0.849. The number of nitro groups is 1.